The van der Waals surface area contributed by atoms with Crippen LogP contribution in [0.5, 0.6) is 0 Å². The summed E-state index contributed by atoms with van der Waals surface area (Å²) in [4.78, 5) is 12.0. The fourth-order valence-corrected chi connectivity index (χ4v) is 3.10. The third-order valence-electron chi connectivity index (χ3n) is 4.16. The second-order valence-corrected chi connectivity index (χ2v) is 5.99. The smallest absolute Gasteiger partial charge is 0.333 e. The van der Waals surface area contributed by atoms with Crippen molar-refractivity contribution in [2.24, 2.45) is 11.8 Å². The van der Waals surface area contributed by atoms with Gasteiger partial charge in [-0.25, -0.2) is 4.79 Å². The number of fused-ring (bicyclic) bond motifs is 1. The van der Waals surface area contributed by atoms with Gasteiger partial charge in [0.25, 0.3) is 0 Å². The summed E-state index contributed by atoms with van der Waals surface area (Å²) < 4.78 is 5.82. The minimum atomic E-state index is -0.541. The minimum Gasteiger partial charge on any atom is -0.451 e. The van der Waals surface area contributed by atoms with Crippen molar-refractivity contribution in [2.45, 2.75) is 39.7 Å². The van der Waals surface area contributed by atoms with Crippen molar-refractivity contribution >= 4 is 5.97 Å². The first kappa shape index (κ1) is 13.9. The van der Waals surface area contributed by atoms with Gasteiger partial charge in [0.2, 0.25) is 0 Å². The van der Waals surface area contributed by atoms with Crippen molar-refractivity contribution in [3.63, 3.8) is 0 Å². The lowest BCUT2D eigenvalue weighted by molar-refractivity contribution is -0.161. The Hall–Kier alpha value is -1.57. The van der Waals surface area contributed by atoms with Crippen LogP contribution in [-0.2, 0) is 21.6 Å². The number of hydrogen-bond donors (Lipinski definition) is 0. The molecule has 2 rings (SSSR count). The van der Waals surface area contributed by atoms with Gasteiger partial charge in [-0.2, -0.15) is 0 Å². The molecule has 0 spiro atoms. The zero-order valence-corrected chi connectivity index (χ0v) is 12.2. The molecule has 2 unspecified atom stereocenters. The number of carbonyl (C=O) groups is 1. The average Bonchev–Trinajstić information content (AvgIpc) is 2.63. The topological polar surface area (TPSA) is 26.3 Å². The number of ether oxygens (including phenoxy) is 1. The largest absolute Gasteiger partial charge is 0.451 e. The zero-order valence-electron chi connectivity index (χ0n) is 12.2. The first-order valence-corrected chi connectivity index (χ1v) is 6.83. The van der Waals surface area contributed by atoms with Crippen LogP contribution in [0.2, 0.25) is 0 Å². The molecule has 19 heavy (non-hydrogen) atoms. The zero-order chi connectivity index (χ0) is 14.2. The van der Waals surface area contributed by atoms with Crippen LogP contribution < -0.4 is 0 Å². The molecule has 2 atom stereocenters. The highest BCUT2D eigenvalue weighted by atomic mass is 16.6. The Morgan fingerprint density at radius 2 is 2.05 bits per heavy atom. The molecule has 102 valence electrons. The number of benzene rings is 1. The monoisotopic (exact) mass is 258 g/mol. The molecule has 0 N–H and O–H groups in total. The standard InChI is InChI=1S/C17H22O2/c1-11(2)15-10-13-8-6-7-9-14(13)17(15,5)19-16(18)12(3)4/h6-9,11,15H,3,10H2,1-2,4-5H3. The summed E-state index contributed by atoms with van der Waals surface area (Å²) >= 11 is 0. The van der Waals surface area contributed by atoms with E-state index in [2.05, 4.69) is 32.6 Å². The molecule has 0 radical (unpaired) electrons. The molecule has 0 heterocycles. The molecule has 2 heteroatoms. The lowest BCUT2D eigenvalue weighted by atomic mass is 9.81. The third kappa shape index (κ3) is 2.32. The van der Waals surface area contributed by atoms with E-state index in [1.165, 1.54) is 5.56 Å². The Balaban J connectivity index is 2.43. The van der Waals surface area contributed by atoms with Gasteiger partial charge < -0.3 is 4.74 Å². The van der Waals surface area contributed by atoms with E-state index in [4.69, 9.17) is 4.74 Å². The lowest BCUT2D eigenvalue weighted by Gasteiger charge is -2.34. The highest BCUT2D eigenvalue weighted by Crippen LogP contribution is 2.47. The van der Waals surface area contributed by atoms with Crippen molar-refractivity contribution < 1.29 is 9.53 Å². The first-order chi connectivity index (χ1) is 8.86. The summed E-state index contributed by atoms with van der Waals surface area (Å²) in [7, 11) is 0. The molecule has 1 aliphatic carbocycles. The minimum absolute atomic E-state index is 0.301. The van der Waals surface area contributed by atoms with Crippen LogP contribution in [0.4, 0.5) is 0 Å². The van der Waals surface area contributed by atoms with E-state index in [0.717, 1.165) is 12.0 Å². The summed E-state index contributed by atoms with van der Waals surface area (Å²) in [5.41, 5.74) is 2.34. The van der Waals surface area contributed by atoms with Crippen molar-refractivity contribution in [1.82, 2.24) is 0 Å². The van der Waals surface area contributed by atoms with Gasteiger partial charge in [-0.05, 0) is 37.3 Å². The fourth-order valence-electron chi connectivity index (χ4n) is 3.10. The summed E-state index contributed by atoms with van der Waals surface area (Å²) in [6.07, 6.45) is 0.966. The fraction of sp³-hybridized carbons (Fsp3) is 0.471. The van der Waals surface area contributed by atoms with Crippen molar-refractivity contribution in [2.75, 3.05) is 0 Å². The van der Waals surface area contributed by atoms with Crippen LogP contribution in [0.1, 0.15) is 38.8 Å². The molecule has 1 aliphatic rings. The molecule has 0 aliphatic heterocycles. The van der Waals surface area contributed by atoms with E-state index in [9.17, 15) is 4.79 Å². The summed E-state index contributed by atoms with van der Waals surface area (Å²) in [6.45, 7) is 11.8. The van der Waals surface area contributed by atoms with Gasteiger partial charge in [0.05, 0.1) is 0 Å². The molecule has 0 aromatic heterocycles. The number of esters is 1. The van der Waals surface area contributed by atoms with Gasteiger partial charge in [-0.1, -0.05) is 44.7 Å². The Morgan fingerprint density at radius 3 is 2.63 bits per heavy atom. The van der Waals surface area contributed by atoms with Crippen LogP contribution in [0.25, 0.3) is 0 Å². The second kappa shape index (κ2) is 4.84. The van der Waals surface area contributed by atoms with E-state index in [0.29, 0.717) is 17.4 Å². The van der Waals surface area contributed by atoms with Gasteiger partial charge in [0.15, 0.2) is 0 Å². The predicted octanol–water partition coefficient (Wildman–Crippen LogP) is 3.85. The van der Waals surface area contributed by atoms with Gasteiger partial charge in [-0.3, -0.25) is 0 Å². The van der Waals surface area contributed by atoms with E-state index in [-0.39, 0.29) is 5.97 Å². The predicted molar refractivity (Wildman–Crippen MR) is 76.7 cm³/mol. The molecular weight excluding hydrogens is 236 g/mol. The number of carbonyl (C=O) groups excluding carboxylic acids is 1. The van der Waals surface area contributed by atoms with E-state index in [1.807, 2.05) is 19.1 Å². The summed E-state index contributed by atoms with van der Waals surface area (Å²) in [5, 5.41) is 0. The third-order valence-corrected chi connectivity index (χ3v) is 4.16. The molecule has 0 bridgehead atoms. The summed E-state index contributed by atoms with van der Waals surface area (Å²) in [6, 6.07) is 8.25. The van der Waals surface area contributed by atoms with Crippen LogP contribution in [-0.4, -0.2) is 5.97 Å². The molecule has 1 aromatic carbocycles. The van der Waals surface area contributed by atoms with Crippen LogP contribution >= 0.6 is 0 Å². The van der Waals surface area contributed by atoms with Crippen molar-refractivity contribution in [1.29, 1.82) is 0 Å². The van der Waals surface area contributed by atoms with Crippen LogP contribution in [0, 0.1) is 11.8 Å². The van der Waals surface area contributed by atoms with Crippen LogP contribution in [0.3, 0.4) is 0 Å². The Labute approximate surface area is 115 Å². The van der Waals surface area contributed by atoms with Gasteiger partial charge in [0, 0.05) is 11.5 Å². The molecule has 2 nitrogen and oxygen atoms in total. The maximum Gasteiger partial charge on any atom is 0.333 e. The molecule has 0 saturated carbocycles. The van der Waals surface area contributed by atoms with Crippen LogP contribution in [0.15, 0.2) is 36.4 Å². The van der Waals surface area contributed by atoms with Gasteiger partial charge in [0.1, 0.15) is 5.60 Å². The number of rotatable bonds is 3. The lowest BCUT2D eigenvalue weighted by Crippen LogP contribution is -2.36. The van der Waals surface area contributed by atoms with Gasteiger partial charge in [-0.15, -0.1) is 0 Å². The molecule has 1 aromatic rings. The molecule has 0 amide bonds. The highest BCUT2D eigenvalue weighted by molar-refractivity contribution is 5.87. The quantitative estimate of drug-likeness (QED) is 0.608. The SMILES string of the molecule is C=C(C)C(=O)OC1(C)c2ccccc2CC1C(C)C. The molecular formula is C17H22O2. The van der Waals surface area contributed by atoms with Gasteiger partial charge >= 0.3 is 5.97 Å². The Kier molecular flexibility index (Phi) is 3.53. The second-order valence-electron chi connectivity index (χ2n) is 5.99. The maximum atomic E-state index is 12.0. The highest BCUT2D eigenvalue weighted by Gasteiger charge is 2.47. The van der Waals surface area contributed by atoms with E-state index in [1.54, 1.807) is 6.92 Å². The normalized spacial score (nSPS) is 25.2. The number of hydrogen-bond acceptors (Lipinski definition) is 2. The molecule has 0 saturated heterocycles. The Morgan fingerprint density at radius 1 is 1.42 bits per heavy atom. The summed E-state index contributed by atoms with van der Waals surface area (Å²) in [5.74, 6) is 0.466. The van der Waals surface area contributed by atoms with Crippen molar-refractivity contribution in [3.05, 3.63) is 47.5 Å². The average molecular weight is 258 g/mol. The first-order valence-electron chi connectivity index (χ1n) is 6.83. The van der Waals surface area contributed by atoms with E-state index < -0.39 is 5.60 Å². The Bertz CT molecular complexity index is 516. The molecule has 0 fully saturated rings. The maximum absolute atomic E-state index is 12.0. The van der Waals surface area contributed by atoms with Crippen molar-refractivity contribution in [3.8, 4) is 0 Å². The van der Waals surface area contributed by atoms with E-state index >= 15 is 0 Å².